The van der Waals surface area contributed by atoms with Crippen LogP contribution in [0.1, 0.15) is 34.6 Å². The zero-order valence-corrected chi connectivity index (χ0v) is 17.3. The second-order valence-electron chi connectivity index (χ2n) is 6.58. The Hall–Kier alpha value is -2.68. The molecule has 4 heterocycles. The van der Waals surface area contributed by atoms with Gasteiger partial charge in [-0.3, -0.25) is 4.79 Å². The number of amides is 1. The molecule has 1 unspecified atom stereocenters. The number of nitrogens with one attached hydrogen (secondary N) is 1. The number of pyridine rings is 1. The fraction of sp³-hybridized carbons (Fsp3) is 0.294. The van der Waals surface area contributed by atoms with Crippen molar-refractivity contribution in [2.75, 3.05) is 18.0 Å². The van der Waals surface area contributed by atoms with E-state index in [0.29, 0.717) is 15.8 Å². The van der Waals surface area contributed by atoms with Crippen LogP contribution < -0.4 is 9.62 Å². The minimum atomic E-state index is -3.98. The molecule has 1 atom stereocenters. The molecule has 2 aliphatic rings. The SMILES string of the molecule is CC1OC(=O)c2cc(C#N)c(N3CC(C(=O)NS(=O)(=O)c4ccc(Cl)s4)C3)nc21. The number of nitrogens with zero attached hydrogens (tertiary/aromatic N) is 3. The normalized spacial score (nSPS) is 18.6. The van der Waals surface area contributed by atoms with Crippen molar-refractivity contribution >= 4 is 50.7 Å². The van der Waals surface area contributed by atoms with E-state index in [1.807, 2.05) is 6.07 Å². The van der Waals surface area contributed by atoms with Crippen molar-refractivity contribution in [2.45, 2.75) is 17.2 Å². The average Bonchev–Trinajstić information content (AvgIpc) is 3.17. The minimum absolute atomic E-state index is 0.0438. The molecule has 1 N–H and O–H groups in total. The molecular weight excluding hydrogens is 440 g/mol. The van der Waals surface area contributed by atoms with E-state index in [1.54, 1.807) is 11.8 Å². The number of aromatic nitrogens is 1. The van der Waals surface area contributed by atoms with Crippen LogP contribution in [0.25, 0.3) is 0 Å². The Labute approximate surface area is 174 Å². The van der Waals surface area contributed by atoms with Gasteiger partial charge in [0, 0.05) is 13.1 Å². The third-order valence-electron chi connectivity index (χ3n) is 4.64. The highest BCUT2D eigenvalue weighted by Gasteiger charge is 2.39. The third-order valence-corrected chi connectivity index (χ3v) is 7.71. The second kappa shape index (κ2) is 6.98. The molecule has 2 aromatic heterocycles. The van der Waals surface area contributed by atoms with Crippen molar-refractivity contribution in [1.82, 2.24) is 9.71 Å². The largest absolute Gasteiger partial charge is 0.452 e. The number of hydrogen-bond acceptors (Lipinski definition) is 9. The monoisotopic (exact) mass is 452 g/mol. The van der Waals surface area contributed by atoms with Gasteiger partial charge >= 0.3 is 5.97 Å². The summed E-state index contributed by atoms with van der Waals surface area (Å²) >= 11 is 6.61. The maximum atomic E-state index is 12.3. The van der Waals surface area contributed by atoms with Crippen molar-refractivity contribution < 1.29 is 22.7 Å². The van der Waals surface area contributed by atoms with E-state index >= 15 is 0 Å². The molecule has 29 heavy (non-hydrogen) atoms. The molecule has 150 valence electrons. The number of ether oxygens (including phenoxy) is 1. The summed E-state index contributed by atoms with van der Waals surface area (Å²) in [6.07, 6.45) is -0.521. The van der Waals surface area contributed by atoms with E-state index in [9.17, 15) is 23.3 Å². The number of carbonyl (C=O) groups excluding carboxylic acids is 2. The van der Waals surface area contributed by atoms with Gasteiger partial charge in [0.15, 0.2) is 0 Å². The van der Waals surface area contributed by atoms with Crippen molar-refractivity contribution in [1.29, 1.82) is 5.26 Å². The van der Waals surface area contributed by atoms with E-state index in [2.05, 4.69) is 9.71 Å². The highest BCUT2D eigenvalue weighted by Crippen LogP contribution is 2.35. The number of carbonyl (C=O) groups is 2. The van der Waals surface area contributed by atoms with Crippen LogP contribution in [0.15, 0.2) is 22.4 Å². The Kier molecular flexibility index (Phi) is 4.72. The molecule has 12 heteroatoms. The van der Waals surface area contributed by atoms with Crippen LogP contribution in [0.5, 0.6) is 0 Å². The Morgan fingerprint density at radius 3 is 2.79 bits per heavy atom. The number of thiophene rings is 1. The molecule has 1 fully saturated rings. The Morgan fingerprint density at radius 1 is 1.45 bits per heavy atom. The lowest BCUT2D eigenvalue weighted by Gasteiger charge is -2.39. The maximum Gasteiger partial charge on any atom is 0.340 e. The summed E-state index contributed by atoms with van der Waals surface area (Å²) in [5, 5.41) is 9.39. The van der Waals surface area contributed by atoms with Gasteiger partial charge in [-0.1, -0.05) is 11.6 Å². The van der Waals surface area contributed by atoms with Gasteiger partial charge in [0.05, 0.1) is 27.1 Å². The summed E-state index contributed by atoms with van der Waals surface area (Å²) in [4.78, 5) is 30.2. The van der Waals surface area contributed by atoms with Gasteiger partial charge in [-0.2, -0.15) is 5.26 Å². The third kappa shape index (κ3) is 3.43. The number of hydrogen-bond donors (Lipinski definition) is 1. The molecule has 0 spiro atoms. The highest BCUT2D eigenvalue weighted by molar-refractivity contribution is 7.92. The average molecular weight is 453 g/mol. The van der Waals surface area contributed by atoms with Crippen LogP contribution in [-0.4, -0.2) is 38.4 Å². The lowest BCUT2D eigenvalue weighted by Crippen LogP contribution is -2.55. The van der Waals surface area contributed by atoms with Crippen molar-refractivity contribution in [3.8, 4) is 6.07 Å². The molecule has 4 rings (SSSR count). The van der Waals surface area contributed by atoms with Gasteiger partial charge in [0.2, 0.25) is 5.91 Å². The standard InChI is InChI=1S/C17H13ClN4O5S2/c1-8-14-11(17(24)27-8)4-9(5-19)15(20-14)22-6-10(7-22)16(23)21-29(25,26)13-3-2-12(18)28-13/h2-4,8,10H,6-7H2,1H3,(H,21,23). The van der Waals surface area contributed by atoms with Crippen LogP contribution >= 0.6 is 22.9 Å². The number of esters is 1. The number of nitriles is 1. The minimum Gasteiger partial charge on any atom is -0.452 e. The van der Waals surface area contributed by atoms with Gasteiger partial charge < -0.3 is 9.64 Å². The van der Waals surface area contributed by atoms with E-state index < -0.39 is 33.9 Å². The molecule has 0 radical (unpaired) electrons. The fourth-order valence-electron chi connectivity index (χ4n) is 3.12. The van der Waals surface area contributed by atoms with Crippen LogP contribution in [0.3, 0.4) is 0 Å². The molecule has 2 aliphatic heterocycles. The topological polar surface area (TPSA) is 129 Å². The Balaban J connectivity index is 1.48. The molecule has 1 saturated heterocycles. The summed E-state index contributed by atoms with van der Waals surface area (Å²) < 4.78 is 31.9. The molecular formula is C17H13ClN4O5S2. The van der Waals surface area contributed by atoms with Crippen LogP contribution in [0.4, 0.5) is 5.82 Å². The molecule has 2 aromatic rings. The predicted octanol–water partition coefficient (Wildman–Crippen LogP) is 1.84. The van der Waals surface area contributed by atoms with E-state index in [0.717, 1.165) is 11.3 Å². The van der Waals surface area contributed by atoms with Crippen molar-refractivity contribution in [3.63, 3.8) is 0 Å². The van der Waals surface area contributed by atoms with Gasteiger partial charge in [0.1, 0.15) is 22.2 Å². The number of cyclic esters (lactones) is 1. The van der Waals surface area contributed by atoms with E-state index in [4.69, 9.17) is 16.3 Å². The molecule has 9 nitrogen and oxygen atoms in total. The van der Waals surface area contributed by atoms with E-state index in [1.165, 1.54) is 18.2 Å². The Bertz CT molecular complexity index is 1180. The summed E-state index contributed by atoms with van der Waals surface area (Å²) in [6.45, 7) is 2.06. The summed E-state index contributed by atoms with van der Waals surface area (Å²) in [6, 6.07) is 6.20. The van der Waals surface area contributed by atoms with Crippen LogP contribution in [0.2, 0.25) is 4.34 Å². The van der Waals surface area contributed by atoms with Gasteiger partial charge in [-0.05, 0) is 25.1 Å². The lowest BCUT2D eigenvalue weighted by molar-refractivity contribution is -0.123. The van der Waals surface area contributed by atoms with E-state index in [-0.39, 0.29) is 28.4 Å². The zero-order valence-electron chi connectivity index (χ0n) is 14.9. The molecule has 0 saturated carbocycles. The summed E-state index contributed by atoms with van der Waals surface area (Å²) in [5.74, 6) is -1.41. The fourth-order valence-corrected chi connectivity index (χ4v) is 5.65. The van der Waals surface area contributed by atoms with Crippen LogP contribution in [0, 0.1) is 17.2 Å². The molecule has 1 amide bonds. The first-order valence-corrected chi connectivity index (χ1v) is 11.1. The lowest BCUT2D eigenvalue weighted by atomic mass is 9.98. The smallest absolute Gasteiger partial charge is 0.340 e. The number of rotatable bonds is 4. The summed E-state index contributed by atoms with van der Waals surface area (Å²) in [7, 11) is -3.98. The van der Waals surface area contributed by atoms with Gasteiger partial charge in [0.25, 0.3) is 10.0 Å². The first-order valence-electron chi connectivity index (χ1n) is 8.42. The Morgan fingerprint density at radius 2 is 2.17 bits per heavy atom. The highest BCUT2D eigenvalue weighted by atomic mass is 35.5. The molecule has 0 aromatic carbocycles. The predicted molar refractivity (Wildman–Crippen MR) is 103 cm³/mol. The number of halogens is 1. The zero-order chi connectivity index (χ0) is 20.9. The summed E-state index contributed by atoms with van der Waals surface area (Å²) in [5.41, 5.74) is 0.886. The first-order chi connectivity index (χ1) is 13.7. The van der Waals surface area contributed by atoms with Crippen molar-refractivity contribution in [2.24, 2.45) is 5.92 Å². The van der Waals surface area contributed by atoms with Gasteiger partial charge in [-0.15, -0.1) is 11.3 Å². The van der Waals surface area contributed by atoms with Crippen LogP contribution in [-0.2, 0) is 19.6 Å². The van der Waals surface area contributed by atoms with Gasteiger partial charge in [-0.25, -0.2) is 22.9 Å². The quantitative estimate of drug-likeness (QED) is 0.695. The van der Waals surface area contributed by atoms with Crippen molar-refractivity contribution in [3.05, 3.63) is 39.4 Å². The maximum absolute atomic E-state index is 12.3. The number of sulfonamides is 1. The molecule has 0 bridgehead atoms. The molecule has 0 aliphatic carbocycles. The first kappa shape index (κ1) is 19.6. The second-order valence-corrected chi connectivity index (χ2v) is 10.2. The number of fused-ring (bicyclic) bond motifs is 1. The number of anilines is 1.